The van der Waals surface area contributed by atoms with E-state index in [4.69, 9.17) is 10.7 Å². The molecule has 3 N–H and O–H groups in total. The molecule has 1 aromatic carbocycles. The lowest BCUT2D eigenvalue weighted by Crippen LogP contribution is -2.37. The van der Waals surface area contributed by atoms with Gasteiger partial charge < -0.3 is 16.0 Å². The summed E-state index contributed by atoms with van der Waals surface area (Å²) in [6, 6.07) is 5.92. The number of nitrogens with one attached hydrogen (secondary N) is 1. The van der Waals surface area contributed by atoms with Crippen LogP contribution in [0.5, 0.6) is 0 Å². The van der Waals surface area contributed by atoms with Crippen LogP contribution in [0.25, 0.3) is 11.4 Å². The van der Waals surface area contributed by atoms with E-state index in [9.17, 15) is 9.18 Å². The number of aryl methyl sites for hydroxylation is 1. The molecule has 0 spiro atoms. The Bertz CT molecular complexity index is 1180. The first-order valence-corrected chi connectivity index (χ1v) is 10.3. The zero-order valence-corrected chi connectivity index (χ0v) is 17.1. The van der Waals surface area contributed by atoms with E-state index in [1.54, 1.807) is 19.2 Å². The van der Waals surface area contributed by atoms with Gasteiger partial charge in [-0.05, 0) is 43.5 Å². The summed E-state index contributed by atoms with van der Waals surface area (Å²) >= 11 is 0. The molecular weight excluding hydrogens is 397 g/mol. The highest BCUT2D eigenvalue weighted by molar-refractivity contribution is 5.98. The predicted molar refractivity (Wildman–Crippen MR) is 114 cm³/mol. The minimum Gasteiger partial charge on any atom is -0.368 e. The van der Waals surface area contributed by atoms with E-state index in [1.165, 1.54) is 12.1 Å². The molecule has 2 aromatic heterocycles. The van der Waals surface area contributed by atoms with Crippen LogP contribution in [0.1, 0.15) is 46.2 Å². The molecule has 1 atom stereocenters. The number of amides is 1. The van der Waals surface area contributed by atoms with Crippen LogP contribution in [0.2, 0.25) is 0 Å². The minimum absolute atomic E-state index is 0.130. The van der Waals surface area contributed by atoms with Gasteiger partial charge in [0.05, 0.1) is 23.0 Å². The number of carbonyl (C=O) groups excluding carboxylic acids is 1. The summed E-state index contributed by atoms with van der Waals surface area (Å²) in [7, 11) is 0. The van der Waals surface area contributed by atoms with E-state index in [1.807, 2.05) is 6.07 Å². The summed E-state index contributed by atoms with van der Waals surface area (Å²) in [6.45, 7) is 3.63. The highest BCUT2D eigenvalue weighted by Gasteiger charge is 2.31. The van der Waals surface area contributed by atoms with Gasteiger partial charge in [-0.1, -0.05) is 6.07 Å². The standard InChI is InChI=1S/C22H22FN7O/c1-12-19-17(28-22(24)26-12)11-16(27-21(19)31)14-5-4-13(23)10-15(14)20-25-7-6-18(29-20)30-8-2-3-9-30/h4-7,10,16H,2-3,8-9,11H2,1H3,(H,27,31)(H2,24,26,28). The molecule has 31 heavy (non-hydrogen) atoms. The van der Waals surface area contributed by atoms with Crippen molar-refractivity contribution in [1.82, 2.24) is 25.3 Å². The number of aromatic nitrogens is 4. The van der Waals surface area contributed by atoms with Crippen LogP contribution in [-0.2, 0) is 6.42 Å². The Morgan fingerprint density at radius 2 is 1.97 bits per heavy atom. The lowest BCUT2D eigenvalue weighted by Gasteiger charge is -2.27. The third-order valence-electron chi connectivity index (χ3n) is 5.81. The van der Waals surface area contributed by atoms with Crippen molar-refractivity contribution in [3.05, 3.63) is 58.8 Å². The molecule has 3 aromatic rings. The second kappa shape index (κ2) is 7.57. The Balaban J connectivity index is 1.56. The molecule has 0 saturated carbocycles. The molecule has 4 heterocycles. The van der Waals surface area contributed by atoms with Gasteiger partial charge >= 0.3 is 0 Å². The van der Waals surface area contributed by atoms with Crippen LogP contribution in [0.3, 0.4) is 0 Å². The molecule has 1 saturated heterocycles. The molecule has 8 nitrogen and oxygen atoms in total. The van der Waals surface area contributed by atoms with E-state index < -0.39 is 6.04 Å². The summed E-state index contributed by atoms with van der Waals surface area (Å²) in [5.41, 5.74) is 8.65. The van der Waals surface area contributed by atoms with Gasteiger partial charge in [-0.15, -0.1) is 0 Å². The number of nitrogens with two attached hydrogens (primary N) is 1. The molecule has 0 radical (unpaired) electrons. The Morgan fingerprint density at radius 1 is 1.16 bits per heavy atom. The number of halogens is 1. The average Bonchev–Trinajstić information content (AvgIpc) is 3.28. The number of fused-ring (bicyclic) bond motifs is 1. The molecule has 0 bridgehead atoms. The number of anilines is 2. The Kier molecular flexibility index (Phi) is 4.72. The monoisotopic (exact) mass is 419 g/mol. The summed E-state index contributed by atoms with van der Waals surface area (Å²) < 4.78 is 14.2. The average molecular weight is 419 g/mol. The number of nitrogens with zero attached hydrogens (tertiary/aromatic N) is 5. The zero-order chi connectivity index (χ0) is 21.5. The largest absolute Gasteiger partial charge is 0.368 e. The van der Waals surface area contributed by atoms with Gasteiger partial charge in [-0.2, -0.15) is 0 Å². The van der Waals surface area contributed by atoms with E-state index in [-0.39, 0.29) is 17.7 Å². The second-order valence-electron chi connectivity index (χ2n) is 7.88. The summed E-state index contributed by atoms with van der Waals surface area (Å²) in [6.07, 6.45) is 4.36. The van der Waals surface area contributed by atoms with Crippen LogP contribution < -0.4 is 16.0 Å². The lowest BCUT2D eigenvalue weighted by atomic mass is 9.91. The molecule has 2 aliphatic rings. The maximum Gasteiger partial charge on any atom is 0.255 e. The first kappa shape index (κ1) is 19.3. The Labute approximate surface area is 178 Å². The highest BCUT2D eigenvalue weighted by Crippen LogP contribution is 2.33. The maximum atomic E-state index is 14.2. The molecular formula is C22H22FN7O. The van der Waals surface area contributed by atoms with Crippen molar-refractivity contribution in [3.63, 3.8) is 0 Å². The fourth-order valence-corrected chi connectivity index (χ4v) is 4.39. The molecule has 1 unspecified atom stereocenters. The van der Waals surface area contributed by atoms with Crippen molar-refractivity contribution < 1.29 is 9.18 Å². The van der Waals surface area contributed by atoms with Gasteiger partial charge in [0.1, 0.15) is 11.6 Å². The SMILES string of the molecule is Cc1nc(N)nc2c1C(=O)NC(c1ccc(F)cc1-c1nccc(N3CCCC3)n1)C2. The fraction of sp³-hybridized carbons (Fsp3) is 0.318. The van der Waals surface area contributed by atoms with Crippen molar-refractivity contribution in [2.45, 2.75) is 32.2 Å². The van der Waals surface area contributed by atoms with Crippen molar-refractivity contribution in [2.24, 2.45) is 0 Å². The molecule has 1 amide bonds. The molecule has 9 heteroatoms. The molecule has 2 aliphatic heterocycles. The van der Waals surface area contributed by atoms with Crippen LogP contribution in [0.4, 0.5) is 16.2 Å². The van der Waals surface area contributed by atoms with Crippen molar-refractivity contribution in [3.8, 4) is 11.4 Å². The lowest BCUT2D eigenvalue weighted by molar-refractivity contribution is 0.0922. The zero-order valence-electron chi connectivity index (χ0n) is 17.1. The highest BCUT2D eigenvalue weighted by atomic mass is 19.1. The Morgan fingerprint density at radius 3 is 2.77 bits per heavy atom. The van der Waals surface area contributed by atoms with Gasteiger partial charge in [0.2, 0.25) is 5.95 Å². The second-order valence-corrected chi connectivity index (χ2v) is 7.88. The quantitative estimate of drug-likeness (QED) is 0.671. The number of hydrogen-bond acceptors (Lipinski definition) is 7. The van der Waals surface area contributed by atoms with Gasteiger partial charge in [-0.3, -0.25) is 4.79 Å². The molecule has 158 valence electrons. The first-order chi connectivity index (χ1) is 15.0. The van der Waals surface area contributed by atoms with Crippen LogP contribution in [0, 0.1) is 12.7 Å². The summed E-state index contributed by atoms with van der Waals surface area (Å²) in [5, 5.41) is 3.00. The van der Waals surface area contributed by atoms with Crippen LogP contribution in [0.15, 0.2) is 30.5 Å². The minimum atomic E-state index is -0.414. The van der Waals surface area contributed by atoms with Gasteiger partial charge in [-0.25, -0.2) is 24.3 Å². The first-order valence-electron chi connectivity index (χ1n) is 10.3. The predicted octanol–water partition coefficient (Wildman–Crippen LogP) is 2.59. The molecule has 1 fully saturated rings. The van der Waals surface area contributed by atoms with Gasteiger partial charge in [0.15, 0.2) is 5.82 Å². The van der Waals surface area contributed by atoms with E-state index >= 15 is 0 Å². The van der Waals surface area contributed by atoms with Crippen molar-refractivity contribution >= 4 is 17.7 Å². The third kappa shape index (κ3) is 3.56. The van der Waals surface area contributed by atoms with Crippen molar-refractivity contribution in [2.75, 3.05) is 23.7 Å². The molecule has 5 rings (SSSR count). The topological polar surface area (TPSA) is 110 Å². The van der Waals surface area contributed by atoms with Gasteiger partial charge in [0.25, 0.3) is 5.91 Å². The van der Waals surface area contributed by atoms with E-state index in [2.05, 4.69) is 25.2 Å². The number of hydrogen-bond donors (Lipinski definition) is 2. The van der Waals surface area contributed by atoms with Crippen molar-refractivity contribution in [1.29, 1.82) is 0 Å². The van der Waals surface area contributed by atoms with Crippen LogP contribution >= 0.6 is 0 Å². The van der Waals surface area contributed by atoms with Gasteiger partial charge in [0, 0.05) is 31.3 Å². The smallest absolute Gasteiger partial charge is 0.255 e. The Hall–Kier alpha value is -3.62. The number of rotatable bonds is 3. The van der Waals surface area contributed by atoms with Crippen LogP contribution in [-0.4, -0.2) is 38.9 Å². The number of carbonyl (C=O) groups is 1. The summed E-state index contributed by atoms with van der Waals surface area (Å²) in [4.78, 5) is 32.5. The molecule has 0 aliphatic carbocycles. The third-order valence-corrected chi connectivity index (χ3v) is 5.81. The normalized spacial score (nSPS) is 18.1. The maximum absolute atomic E-state index is 14.2. The van der Waals surface area contributed by atoms with E-state index in [0.29, 0.717) is 34.8 Å². The van der Waals surface area contributed by atoms with E-state index in [0.717, 1.165) is 37.3 Å². The summed E-state index contributed by atoms with van der Waals surface area (Å²) in [5.74, 6) is 0.722. The number of benzene rings is 1. The fourth-order valence-electron chi connectivity index (χ4n) is 4.39. The number of nitrogen functional groups attached to an aromatic ring is 1.